The van der Waals surface area contributed by atoms with Crippen molar-refractivity contribution in [2.45, 2.75) is 6.42 Å². The number of carbonyl (C=O) groups excluding carboxylic acids is 1. The van der Waals surface area contributed by atoms with E-state index in [1.807, 2.05) is 12.1 Å². The van der Waals surface area contributed by atoms with Crippen molar-refractivity contribution in [3.05, 3.63) is 40.4 Å². The smallest absolute Gasteiger partial charge is 0.151 e. The van der Waals surface area contributed by atoms with Crippen molar-refractivity contribution < 1.29 is 4.79 Å². The zero-order valence-electron chi connectivity index (χ0n) is 7.54. The van der Waals surface area contributed by atoms with E-state index >= 15 is 0 Å². The van der Waals surface area contributed by atoms with E-state index in [0.29, 0.717) is 10.6 Å². The van der Waals surface area contributed by atoms with Crippen molar-refractivity contribution in [1.82, 2.24) is 0 Å². The van der Waals surface area contributed by atoms with Gasteiger partial charge in [0, 0.05) is 10.9 Å². The quantitative estimate of drug-likeness (QED) is 0.600. The fraction of sp³-hybridized carbons (Fsp3) is 0.182. The zero-order valence-corrected chi connectivity index (χ0v) is 9.88. The number of benzene rings is 1. The Morgan fingerprint density at radius 1 is 1.43 bits per heavy atom. The highest BCUT2D eigenvalue weighted by Crippen LogP contribution is 2.17. The van der Waals surface area contributed by atoms with E-state index < -0.39 is 0 Å². The second-order valence-corrected chi connectivity index (χ2v) is 3.98. The van der Waals surface area contributed by atoms with Crippen molar-refractivity contribution in [3.63, 3.8) is 0 Å². The molecule has 0 atom stereocenters. The Morgan fingerprint density at radius 2 is 2.21 bits per heavy atom. The van der Waals surface area contributed by atoms with Crippen LogP contribution in [0.5, 0.6) is 0 Å². The number of hydrogen-bond donors (Lipinski definition) is 0. The molecule has 0 aliphatic heterocycles. The topological polar surface area (TPSA) is 17.1 Å². The van der Waals surface area contributed by atoms with Crippen LogP contribution in [0.2, 0.25) is 5.02 Å². The summed E-state index contributed by atoms with van der Waals surface area (Å²) in [6.07, 6.45) is 5.78. The minimum absolute atomic E-state index is 0.501. The average molecular weight is 274 g/mol. The van der Waals surface area contributed by atoms with Gasteiger partial charge in [0.1, 0.15) is 0 Å². The molecule has 1 rings (SSSR count). The van der Waals surface area contributed by atoms with E-state index in [1.54, 1.807) is 12.1 Å². The van der Waals surface area contributed by atoms with E-state index in [4.69, 9.17) is 11.6 Å². The first-order valence-corrected chi connectivity index (χ1v) is 5.75. The monoisotopic (exact) mass is 272 g/mol. The summed E-state index contributed by atoms with van der Waals surface area (Å²) in [5, 5.41) is 1.45. The maximum Gasteiger partial charge on any atom is 0.151 e. The van der Waals surface area contributed by atoms with Crippen LogP contribution in [0.3, 0.4) is 0 Å². The van der Waals surface area contributed by atoms with Gasteiger partial charge in [0.15, 0.2) is 6.29 Å². The van der Waals surface area contributed by atoms with Gasteiger partial charge in [-0.2, -0.15) is 0 Å². The third-order valence-electron chi connectivity index (χ3n) is 1.74. The third-order valence-corrected chi connectivity index (χ3v) is 2.52. The largest absolute Gasteiger partial charge is 0.298 e. The lowest BCUT2D eigenvalue weighted by atomic mass is 10.1. The minimum atomic E-state index is 0.501. The highest BCUT2D eigenvalue weighted by atomic mass is 79.9. The van der Waals surface area contributed by atoms with Crippen LogP contribution in [-0.2, 0) is 0 Å². The van der Waals surface area contributed by atoms with Gasteiger partial charge in [0.2, 0.25) is 0 Å². The average Bonchev–Trinajstić information content (AvgIpc) is 2.18. The van der Waals surface area contributed by atoms with E-state index in [0.717, 1.165) is 23.6 Å². The molecule has 0 bridgehead atoms. The molecule has 0 spiro atoms. The highest BCUT2D eigenvalue weighted by Gasteiger charge is 1.97. The van der Waals surface area contributed by atoms with E-state index in [9.17, 15) is 4.79 Å². The summed E-state index contributed by atoms with van der Waals surface area (Å²) in [6.45, 7) is 0. The van der Waals surface area contributed by atoms with Gasteiger partial charge in [0.25, 0.3) is 0 Å². The fourth-order valence-electron chi connectivity index (χ4n) is 1.03. The van der Waals surface area contributed by atoms with E-state index in [1.165, 1.54) is 0 Å². The highest BCUT2D eigenvalue weighted by molar-refractivity contribution is 9.09. The lowest BCUT2D eigenvalue weighted by Gasteiger charge is -1.97. The molecule has 3 heteroatoms. The number of carbonyl (C=O) groups is 1. The molecule has 0 heterocycles. The molecule has 0 saturated heterocycles. The van der Waals surface area contributed by atoms with Crippen molar-refractivity contribution in [1.29, 1.82) is 0 Å². The number of alkyl halides is 1. The summed E-state index contributed by atoms with van der Waals surface area (Å²) in [5.41, 5.74) is 1.55. The van der Waals surface area contributed by atoms with Crippen LogP contribution in [0, 0.1) is 0 Å². The molecule has 1 aromatic rings. The Morgan fingerprint density at radius 3 is 2.79 bits per heavy atom. The van der Waals surface area contributed by atoms with Crippen molar-refractivity contribution in [2.75, 3.05) is 5.33 Å². The Labute approximate surface area is 96.9 Å². The Kier molecular flexibility index (Phi) is 4.91. The van der Waals surface area contributed by atoms with Gasteiger partial charge in [-0.3, -0.25) is 4.79 Å². The summed E-state index contributed by atoms with van der Waals surface area (Å²) in [6, 6.07) is 5.39. The number of aldehydes is 1. The lowest BCUT2D eigenvalue weighted by molar-refractivity contribution is 0.112. The first-order valence-electron chi connectivity index (χ1n) is 4.25. The maximum absolute atomic E-state index is 10.5. The molecule has 0 N–H and O–H groups in total. The van der Waals surface area contributed by atoms with Gasteiger partial charge in [-0.15, -0.1) is 0 Å². The van der Waals surface area contributed by atoms with Gasteiger partial charge in [-0.25, -0.2) is 0 Å². The van der Waals surface area contributed by atoms with Crippen LogP contribution in [-0.4, -0.2) is 11.6 Å². The van der Waals surface area contributed by atoms with Crippen LogP contribution >= 0.6 is 27.5 Å². The number of rotatable bonds is 4. The van der Waals surface area contributed by atoms with Gasteiger partial charge in [-0.1, -0.05) is 45.7 Å². The lowest BCUT2D eigenvalue weighted by Crippen LogP contribution is -1.82. The summed E-state index contributed by atoms with van der Waals surface area (Å²) < 4.78 is 0. The molecule has 1 aromatic carbocycles. The molecule has 0 amide bonds. The SMILES string of the molecule is O=Cc1ccc(C=CCCBr)cc1Cl. The number of hydrogen-bond acceptors (Lipinski definition) is 1. The molecular formula is C11H10BrClO. The summed E-state index contributed by atoms with van der Waals surface area (Å²) in [5.74, 6) is 0. The molecule has 0 saturated carbocycles. The van der Waals surface area contributed by atoms with Crippen LogP contribution in [0.15, 0.2) is 24.3 Å². The van der Waals surface area contributed by atoms with Gasteiger partial charge < -0.3 is 0 Å². The summed E-state index contributed by atoms with van der Waals surface area (Å²) in [7, 11) is 0. The van der Waals surface area contributed by atoms with Crippen LogP contribution in [0.1, 0.15) is 22.3 Å². The van der Waals surface area contributed by atoms with Gasteiger partial charge in [-0.05, 0) is 24.1 Å². The molecule has 0 aliphatic rings. The van der Waals surface area contributed by atoms with Gasteiger partial charge in [0.05, 0.1) is 5.02 Å². The molecule has 0 unspecified atom stereocenters. The minimum Gasteiger partial charge on any atom is -0.298 e. The molecular weight excluding hydrogens is 263 g/mol. The fourth-order valence-corrected chi connectivity index (χ4v) is 1.52. The van der Waals surface area contributed by atoms with Gasteiger partial charge >= 0.3 is 0 Å². The summed E-state index contributed by atoms with van der Waals surface area (Å²) in [4.78, 5) is 10.5. The molecule has 74 valence electrons. The molecule has 0 fully saturated rings. The Hall–Kier alpha value is -0.600. The predicted octanol–water partition coefficient (Wildman–Crippen LogP) is 3.95. The first kappa shape index (κ1) is 11.5. The Bertz CT molecular complexity index is 347. The molecule has 0 aliphatic carbocycles. The summed E-state index contributed by atoms with van der Waals surface area (Å²) >= 11 is 9.20. The second kappa shape index (κ2) is 5.99. The normalized spacial score (nSPS) is 10.7. The molecule has 14 heavy (non-hydrogen) atoms. The molecule has 1 nitrogen and oxygen atoms in total. The van der Waals surface area contributed by atoms with Crippen molar-refractivity contribution in [2.24, 2.45) is 0 Å². The maximum atomic E-state index is 10.5. The predicted molar refractivity (Wildman–Crippen MR) is 64.3 cm³/mol. The van der Waals surface area contributed by atoms with Crippen molar-refractivity contribution >= 4 is 39.9 Å². The Balaban J connectivity index is 2.81. The number of allylic oxidation sites excluding steroid dienone is 1. The molecule has 0 aromatic heterocycles. The van der Waals surface area contributed by atoms with E-state index in [2.05, 4.69) is 22.0 Å². The standard InChI is InChI=1S/C11H10BrClO/c12-6-2-1-3-9-4-5-10(8-14)11(13)7-9/h1,3-5,7-8H,2,6H2. The van der Waals surface area contributed by atoms with Crippen molar-refractivity contribution in [3.8, 4) is 0 Å². The number of halogens is 2. The van der Waals surface area contributed by atoms with E-state index in [-0.39, 0.29) is 0 Å². The second-order valence-electron chi connectivity index (χ2n) is 2.78. The van der Waals surface area contributed by atoms with Crippen LogP contribution < -0.4 is 0 Å². The first-order chi connectivity index (χ1) is 6.77. The van der Waals surface area contributed by atoms with Crippen LogP contribution in [0.25, 0.3) is 6.08 Å². The third kappa shape index (κ3) is 3.28. The zero-order chi connectivity index (χ0) is 10.4. The van der Waals surface area contributed by atoms with Crippen LogP contribution in [0.4, 0.5) is 0 Å². The molecule has 0 radical (unpaired) electrons.